The maximum Gasteiger partial charge on any atom is 0.272 e. The second-order valence-corrected chi connectivity index (χ2v) is 8.60. The number of benzene rings is 2. The minimum Gasteiger partial charge on any atom is -0.350 e. The molecule has 8 heteroatoms. The molecule has 0 aliphatic carbocycles. The number of hydrogen-bond acceptors (Lipinski definition) is 4. The fraction of sp³-hybridized carbons (Fsp3) is 0.308. The van der Waals surface area contributed by atoms with Gasteiger partial charge in [0.2, 0.25) is 5.91 Å². The normalized spacial score (nSPS) is 14.2. The lowest BCUT2D eigenvalue weighted by molar-refractivity contribution is -0.122. The van der Waals surface area contributed by atoms with Gasteiger partial charge < -0.3 is 15.5 Å². The molecule has 3 amide bonds. The van der Waals surface area contributed by atoms with Gasteiger partial charge in [-0.2, -0.15) is 5.10 Å². The van der Waals surface area contributed by atoms with Gasteiger partial charge in [-0.25, -0.2) is 0 Å². The summed E-state index contributed by atoms with van der Waals surface area (Å²) in [6.45, 7) is 5.70. The highest BCUT2D eigenvalue weighted by Gasteiger charge is 2.27. The van der Waals surface area contributed by atoms with E-state index in [4.69, 9.17) is 0 Å². The second kappa shape index (κ2) is 10.3. The first-order valence-corrected chi connectivity index (χ1v) is 11.5. The predicted octanol–water partition coefficient (Wildman–Crippen LogP) is 2.67. The van der Waals surface area contributed by atoms with E-state index in [0.29, 0.717) is 31.9 Å². The molecule has 1 aromatic heterocycles. The SMILES string of the molecule is Cc1ccc(CN2CCCn3nc(C(=O)NC(C)C(=O)NCc4ccccc4)cc3C2=O)cc1. The second-order valence-electron chi connectivity index (χ2n) is 8.60. The third-order valence-electron chi connectivity index (χ3n) is 5.86. The Labute approximate surface area is 199 Å². The van der Waals surface area contributed by atoms with Gasteiger partial charge in [0.05, 0.1) is 0 Å². The summed E-state index contributed by atoms with van der Waals surface area (Å²) in [6.07, 6.45) is 0.742. The minimum absolute atomic E-state index is 0.128. The summed E-state index contributed by atoms with van der Waals surface area (Å²) in [4.78, 5) is 40.1. The van der Waals surface area contributed by atoms with E-state index in [0.717, 1.165) is 17.5 Å². The quantitative estimate of drug-likeness (QED) is 0.568. The van der Waals surface area contributed by atoms with Crippen molar-refractivity contribution in [3.05, 3.63) is 88.7 Å². The number of carbonyl (C=O) groups is 3. The van der Waals surface area contributed by atoms with Crippen molar-refractivity contribution in [2.75, 3.05) is 6.54 Å². The summed E-state index contributed by atoms with van der Waals surface area (Å²) >= 11 is 0. The molecule has 2 heterocycles. The van der Waals surface area contributed by atoms with E-state index in [1.165, 1.54) is 11.6 Å². The largest absolute Gasteiger partial charge is 0.350 e. The lowest BCUT2D eigenvalue weighted by atomic mass is 10.1. The number of aryl methyl sites for hydroxylation is 2. The molecular weight excluding hydrogens is 430 g/mol. The maximum atomic E-state index is 13.2. The Kier molecular flexibility index (Phi) is 7.06. The van der Waals surface area contributed by atoms with Gasteiger partial charge in [0, 0.05) is 32.2 Å². The minimum atomic E-state index is -0.744. The summed E-state index contributed by atoms with van der Waals surface area (Å²) in [6, 6.07) is 18.4. The number of aromatic nitrogens is 2. The summed E-state index contributed by atoms with van der Waals surface area (Å²) in [5, 5.41) is 9.83. The van der Waals surface area contributed by atoms with Gasteiger partial charge in [-0.3, -0.25) is 19.1 Å². The fourth-order valence-corrected chi connectivity index (χ4v) is 3.88. The third-order valence-corrected chi connectivity index (χ3v) is 5.86. The van der Waals surface area contributed by atoms with Crippen molar-refractivity contribution in [2.45, 2.75) is 45.9 Å². The monoisotopic (exact) mass is 459 g/mol. The van der Waals surface area contributed by atoms with Crippen LogP contribution in [0.15, 0.2) is 60.7 Å². The Bertz CT molecular complexity index is 1170. The number of rotatable bonds is 7. The van der Waals surface area contributed by atoms with Gasteiger partial charge in [0.1, 0.15) is 11.7 Å². The molecule has 0 radical (unpaired) electrons. The van der Waals surface area contributed by atoms with Gasteiger partial charge in [-0.05, 0) is 31.4 Å². The van der Waals surface area contributed by atoms with Gasteiger partial charge in [0.15, 0.2) is 5.69 Å². The average molecular weight is 460 g/mol. The summed E-state index contributed by atoms with van der Waals surface area (Å²) in [5.74, 6) is -0.933. The van der Waals surface area contributed by atoms with Crippen LogP contribution in [0.4, 0.5) is 0 Å². The molecule has 1 aliphatic rings. The molecule has 1 unspecified atom stereocenters. The molecule has 0 saturated carbocycles. The smallest absolute Gasteiger partial charge is 0.272 e. The standard InChI is InChI=1S/C26H29N5O3/c1-18-9-11-21(12-10-18)17-30-13-6-14-31-23(26(30)34)15-22(29-31)25(33)28-19(2)24(32)27-16-20-7-4-3-5-8-20/h3-5,7-12,15,19H,6,13-14,16-17H2,1-2H3,(H,27,32)(H,28,33). The number of nitrogens with one attached hydrogen (secondary N) is 2. The zero-order chi connectivity index (χ0) is 24.1. The molecule has 2 aromatic carbocycles. The molecule has 0 spiro atoms. The molecule has 1 aliphatic heterocycles. The number of fused-ring (bicyclic) bond motifs is 1. The zero-order valence-electron chi connectivity index (χ0n) is 19.5. The first-order valence-electron chi connectivity index (χ1n) is 11.5. The highest BCUT2D eigenvalue weighted by Crippen LogP contribution is 2.17. The molecule has 3 aromatic rings. The van der Waals surface area contributed by atoms with Crippen molar-refractivity contribution < 1.29 is 14.4 Å². The summed E-state index contributed by atoms with van der Waals surface area (Å²) in [7, 11) is 0. The van der Waals surface area contributed by atoms with E-state index in [9.17, 15) is 14.4 Å². The van der Waals surface area contributed by atoms with Crippen molar-refractivity contribution in [1.29, 1.82) is 0 Å². The van der Waals surface area contributed by atoms with Gasteiger partial charge in [-0.15, -0.1) is 0 Å². The van der Waals surface area contributed by atoms with Gasteiger partial charge in [-0.1, -0.05) is 60.2 Å². The molecule has 0 bridgehead atoms. The van der Waals surface area contributed by atoms with Crippen molar-refractivity contribution in [2.24, 2.45) is 0 Å². The van der Waals surface area contributed by atoms with Crippen LogP contribution in [0.5, 0.6) is 0 Å². The lowest BCUT2D eigenvalue weighted by Gasteiger charge is -2.20. The molecule has 0 fully saturated rings. The first-order chi connectivity index (χ1) is 16.4. The lowest BCUT2D eigenvalue weighted by Crippen LogP contribution is -2.44. The predicted molar refractivity (Wildman–Crippen MR) is 128 cm³/mol. The maximum absolute atomic E-state index is 13.2. The number of amides is 3. The van der Waals surface area contributed by atoms with E-state index in [1.807, 2.05) is 61.5 Å². The topological polar surface area (TPSA) is 96.3 Å². The van der Waals surface area contributed by atoms with Crippen LogP contribution in [0.1, 0.15) is 51.0 Å². The Morgan fingerprint density at radius 2 is 1.76 bits per heavy atom. The Morgan fingerprint density at radius 1 is 1.03 bits per heavy atom. The fourth-order valence-electron chi connectivity index (χ4n) is 3.88. The molecule has 0 saturated heterocycles. The molecule has 8 nitrogen and oxygen atoms in total. The van der Waals surface area contributed by atoms with E-state index in [1.54, 1.807) is 16.5 Å². The molecule has 34 heavy (non-hydrogen) atoms. The summed E-state index contributed by atoms with van der Waals surface area (Å²) < 4.78 is 1.59. The first kappa shape index (κ1) is 23.2. The van der Waals surface area contributed by atoms with Crippen LogP contribution in [-0.2, 0) is 24.4 Å². The van der Waals surface area contributed by atoms with E-state index in [-0.39, 0.29) is 17.5 Å². The Morgan fingerprint density at radius 3 is 2.50 bits per heavy atom. The van der Waals surface area contributed by atoms with E-state index >= 15 is 0 Å². The van der Waals surface area contributed by atoms with Crippen LogP contribution in [0.2, 0.25) is 0 Å². The average Bonchev–Trinajstić information content (AvgIpc) is 3.22. The van der Waals surface area contributed by atoms with Crippen LogP contribution in [0.25, 0.3) is 0 Å². The van der Waals surface area contributed by atoms with Crippen molar-refractivity contribution in [3.8, 4) is 0 Å². The summed E-state index contributed by atoms with van der Waals surface area (Å²) in [5.41, 5.74) is 3.71. The van der Waals surface area contributed by atoms with Crippen molar-refractivity contribution in [1.82, 2.24) is 25.3 Å². The van der Waals surface area contributed by atoms with E-state index in [2.05, 4.69) is 15.7 Å². The van der Waals surface area contributed by atoms with Crippen LogP contribution >= 0.6 is 0 Å². The molecule has 1 atom stereocenters. The van der Waals surface area contributed by atoms with Crippen LogP contribution in [0.3, 0.4) is 0 Å². The third kappa shape index (κ3) is 5.51. The zero-order valence-corrected chi connectivity index (χ0v) is 19.5. The van der Waals surface area contributed by atoms with E-state index < -0.39 is 11.9 Å². The highest BCUT2D eigenvalue weighted by atomic mass is 16.2. The van der Waals surface area contributed by atoms with Gasteiger partial charge in [0.25, 0.3) is 11.8 Å². The highest BCUT2D eigenvalue weighted by molar-refractivity contribution is 5.99. The van der Waals surface area contributed by atoms with Crippen molar-refractivity contribution in [3.63, 3.8) is 0 Å². The van der Waals surface area contributed by atoms with Crippen LogP contribution in [-0.4, -0.2) is 45.0 Å². The van der Waals surface area contributed by atoms with Crippen LogP contribution in [0, 0.1) is 6.92 Å². The molecule has 4 rings (SSSR count). The number of nitrogens with zero attached hydrogens (tertiary/aromatic N) is 3. The number of carbonyl (C=O) groups excluding carboxylic acids is 3. The molecule has 176 valence electrons. The Hall–Kier alpha value is -3.94. The van der Waals surface area contributed by atoms with Gasteiger partial charge >= 0.3 is 0 Å². The molecule has 2 N–H and O–H groups in total. The Balaban J connectivity index is 1.38. The van der Waals surface area contributed by atoms with Crippen LogP contribution < -0.4 is 10.6 Å². The van der Waals surface area contributed by atoms with Crippen molar-refractivity contribution >= 4 is 17.7 Å². The number of hydrogen-bond donors (Lipinski definition) is 2. The molecular formula is C26H29N5O3.